The van der Waals surface area contributed by atoms with E-state index in [1.54, 1.807) is 0 Å². The van der Waals surface area contributed by atoms with E-state index in [9.17, 15) is 38.4 Å². The van der Waals surface area contributed by atoms with Gasteiger partial charge in [-0.1, -0.05) is 111 Å². The molecule has 0 fully saturated rings. The summed E-state index contributed by atoms with van der Waals surface area (Å²) in [7, 11) is 4.29. The van der Waals surface area contributed by atoms with Crippen molar-refractivity contribution in [2.45, 2.75) is 212 Å². The van der Waals surface area contributed by atoms with Crippen LogP contribution in [0.2, 0.25) is 0 Å². The number of hydrogen-bond donors (Lipinski definition) is 3. The van der Waals surface area contributed by atoms with Crippen LogP contribution in [0.4, 0.5) is 0 Å². The minimum Gasteiger partial charge on any atom is -0.550 e. The Labute approximate surface area is 384 Å². The number of carboxylic acid groups (broad SMARTS) is 2. The standard InChI is InChI=1S/2C23H50NO.C4H6O7S/c2*1-19(17-22(3,4)5)11-13-21(24(9,10)15-16-25)14-12-20(2)18-23(6,7)8;5-3(6)1-2(4(7)8)12(9,10)11/h2*19-21,25H,11-18H2,1-10H3;2H,1H2,(H,5,6)(H,7,8)(H,9,10,11)/q2*+1;/p-2. The Hall–Kier alpha value is -1.31. The van der Waals surface area contributed by atoms with Crippen LogP contribution in [-0.2, 0) is 19.7 Å². The van der Waals surface area contributed by atoms with Crippen molar-refractivity contribution in [1.82, 2.24) is 0 Å². The number of carboxylic acids is 2. The van der Waals surface area contributed by atoms with E-state index in [1.807, 2.05) is 0 Å². The molecule has 0 aliphatic heterocycles. The molecule has 0 saturated heterocycles. The Morgan fingerprint density at radius 3 is 0.855 bits per heavy atom. The van der Waals surface area contributed by atoms with Gasteiger partial charge in [0.15, 0.2) is 0 Å². The molecule has 0 aromatic rings. The summed E-state index contributed by atoms with van der Waals surface area (Å²) in [6.45, 7) is 40.1. The maximum atomic E-state index is 10.2. The Balaban J connectivity index is -0.000000895. The van der Waals surface area contributed by atoms with Gasteiger partial charge in [0.1, 0.15) is 18.3 Å². The fourth-order valence-electron chi connectivity index (χ4n) is 9.53. The molecular weight excluding hydrogens is 805 g/mol. The quantitative estimate of drug-likeness (QED) is 0.0569. The minimum absolute atomic E-state index is 0.290. The third kappa shape index (κ3) is 37.0. The molecule has 0 rings (SSSR count). The lowest BCUT2D eigenvalue weighted by Crippen LogP contribution is -2.50. The number of aliphatic carboxylic acids is 2. The van der Waals surface area contributed by atoms with Gasteiger partial charge in [-0.15, -0.1) is 0 Å². The monoisotopic (exact) mass is 909 g/mol. The summed E-state index contributed by atoms with van der Waals surface area (Å²) in [5.41, 5.74) is 1.69. The van der Waals surface area contributed by atoms with Crippen molar-refractivity contribution in [1.29, 1.82) is 0 Å². The van der Waals surface area contributed by atoms with Gasteiger partial charge in [-0.05, 0) is 122 Å². The highest BCUT2D eigenvalue weighted by atomic mass is 32.2. The number of aliphatic hydroxyl groups excluding tert-OH is 2. The Morgan fingerprint density at radius 2 is 0.726 bits per heavy atom. The number of carbonyl (C=O) groups is 2. The molecule has 11 nitrogen and oxygen atoms in total. The van der Waals surface area contributed by atoms with E-state index in [1.165, 1.54) is 77.0 Å². The molecule has 62 heavy (non-hydrogen) atoms. The lowest BCUT2D eigenvalue weighted by atomic mass is 9.81. The molecule has 5 atom stereocenters. The first kappa shape index (κ1) is 65.0. The van der Waals surface area contributed by atoms with E-state index >= 15 is 0 Å². The first-order valence-electron chi connectivity index (χ1n) is 23.8. The normalized spacial score (nSPS) is 16.7. The third-order valence-corrected chi connectivity index (χ3v) is 13.2. The summed E-state index contributed by atoms with van der Waals surface area (Å²) in [5.74, 6) is -0.956. The SMILES string of the molecule is CC(CCC(CCC(C)CC(C)(C)C)[N+](C)(C)CCO)CC(C)(C)C.CC(CCC(CCC(C)CC(C)(C)C)[N+](C)(C)CCO)CC(C)(C)C.O=C([O-])CC(C(=O)[O-])S(=O)(=O)O. The van der Waals surface area contributed by atoms with Crippen LogP contribution in [-0.4, -0.2) is 116 Å². The maximum Gasteiger partial charge on any atom is 0.273 e. The lowest BCUT2D eigenvalue weighted by molar-refractivity contribution is -0.916. The van der Waals surface area contributed by atoms with Gasteiger partial charge in [-0.3, -0.25) is 4.55 Å². The predicted octanol–water partition coefficient (Wildman–Crippen LogP) is 8.39. The van der Waals surface area contributed by atoms with Crippen molar-refractivity contribution in [2.75, 3.05) is 54.5 Å². The van der Waals surface area contributed by atoms with Crippen LogP contribution in [0.25, 0.3) is 0 Å². The highest BCUT2D eigenvalue weighted by Crippen LogP contribution is 2.33. The summed E-state index contributed by atoms with van der Waals surface area (Å²) >= 11 is 0. The lowest BCUT2D eigenvalue weighted by Gasteiger charge is -2.39. The largest absolute Gasteiger partial charge is 0.550 e. The smallest absolute Gasteiger partial charge is 0.273 e. The number of hydrogen-bond acceptors (Lipinski definition) is 8. The van der Waals surface area contributed by atoms with Gasteiger partial charge in [-0.25, -0.2) is 0 Å². The predicted molar refractivity (Wildman–Crippen MR) is 256 cm³/mol. The van der Waals surface area contributed by atoms with Crippen LogP contribution in [0.1, 0.15) is 194 Å². The fourth-order valence-corrected chi connectivity index (χ4v) is 10.1. The second-order valence-corrected chi connectivity index (χ2v) is 27.0. The Bertz CT molecular complexity index is 1200. The third-order valence-electron chi connectivity index (χ3n) is 12.1. The molecule has 0 bridgehead atoms. The molecule has 0 radical (unpaired) electrons. The fraction of sp³-hybridized carbons (Fsp3) is 0.960. The molecule has 374 valence electrons. The van der Waals surface area contributed by atoms with Gasteiger partial charge in [0.2, 0.25) is 0 Å². The van der Waals surface area contributed by atoms with Crippen molar-refractivity contribution in [2.24, 2.45) is 45.3 Å². The number of carbonyl (C=O) groups excluding carboxylic acids is 2. The van der Waals surface area contributed by atoms with Gasteiger partial charge < -0.3 is 39.0 Å². The van der Waals surface area contributed by atoms with Crippen molar-refractivity contribution in [3.05, 3.63) is 0 Å². The number of likely N-dealkylation sites (N-methyl/N-ethyl adjacent to an activating group) is 2. The van der Waals surface area contributed by atoms with Crippen molar-refractivity contribution in [3.8, 4) is 0 Å². The van der Waals surface area contributed by atoms with E-state index in [0.717, 1.165) is 45.7 Å². The molecule has 0 aromatic carbocycles. The zero-order valence-electron chi connectivity index (χ0n) is 44.2. The molecule has 0 aliphatic rings. The van der Waals surface area contributed by atoms with Crippen LogP contribution in [0.15, 0.2) is 0 Å². The molecule has 0 aromatic heterocycles. The van der Waals surface area contributed by atoms with Gasteiger partial charge in [0.25, 0.3) is 10.1 Å². The molecule has 12 heteroatoms. The molecule has 0 amide bonds. The van der Waals surface area contributed by atoms with Crippen molar-refractivity contribution >= 4 is 22.1 Å². The van der Waals surface area contributed by atoms with Crippen LogP contribution in [0.3, 0.4) is 0 Å². The van der Waals surface area contributed by atoms with Crippen LogP contribution in [0.5, 0.6) is 0 Å². The second kappa shape index (κ2) is 28.7. The zero-order valence-corrected chi connectivity index (χ0v) is 45.0. The van der Waals surface area contributed by atoms with Gasteiger partial charge >= 0.3 is 0 Å². The first-order chi connectivity index (χ1) is 27.6. The summed E-state index contributed by atoms with van der Waals surface area (Å²) in [4.78, 5) is 19.7. The molecule has 0 spiro atoms. The molecule has 5 unspecified atom stereocenters. The minimum atomic E-state index is -4.94. The number of rotatable bonds is 26. The summed E-state index contributed by atoms with van der Waals surface area (Å²) in [5, 5.41) is 36.2. The number of aliphatic hydroxyl groups is 2. The molecule has 3 N–H and O–H groups in total. The molecule has 0 heterocycles. The van der Waals surface area contributed by atoms with Gasteiger partial charge in [0, 0.05) is 12.4 Å². The summed E-state index contributed by atoms with van der Waals surface area (Å²) in [6.07, 6.45) is 14.2. The second-order valence-electron chi connectivity index (χ2n) is 25.4. The van der Waals surface area contributed by atoms with E-state index in [4.69, 9.17) is 4.55 Å². The number of quaternary nitrogens is 2. The number of nitrogens with zero attached hydrogens (tertiary/aromatic N) is 2. The summed E-state index contributed by atoms with van der Waals surface area (Å²) in [6, 6.07) is 1.33. The van der Waals surface area contributed by atoms with E-state index in [0.29, 0.717) is 47.0 Å². The van der Waals surface area contributed by atoms with E-state index < -0.39 is 33.7 Å². The topological polar surface area (TPSA) is 175 Å². The van der Waals surface area contributed by atoms with Crippen molar-refractivity contribution in [3.63, 3.8) is 0 Å². The Kier molecular flexibility index (Phi) is 30.0. The average Bonchev–Trinajstić information content (AvgIpc) is 2.99. The highest BCUT2D eigenvalue weighted by Gasteiger charge is 2.31. The Morgan fingerprint density at radius 1 is 0.500 bits per heavy atom. The summed E-state index contributed by atoms with van der Waals surface area (Å²) < 4.78 is 30.4. The maximum absolute atomic E-state index is 10.2. The molecular formula is C50H104N2O9S. The van der Waals surface area contributed by atoms with Gasteiger partial charge in [-0.2, -0.15) is 8.42 Å². The molecule has 0 saturated carbocycles. The van der Waals surface area contributed by atoms with Crippen LogP contribution >= 0.6 is 0 Å². The van der Waals surface area contributed by atoms with Crippen LogP contribution in [0, 0.1) is 45.3 Å². The zero-order chi connectivity index (χ0) is 49.7. The highest BCUT2D eigenvalue weighted by molar-refractivity contribution is 7.87. The first-order valence-corrected chi connectivity index (χ1v) is 25.3. The van der Waals surface area contributed by atoms with Gasteiger partial charge in [0.05, 0.1) is 59.5 Å². The van der Waals surface area contributed by atoms with E-state index in [2.05, 4.69) is 139 Å². The van der Waals surface area contributed by atoms with Crippen molar-refractivity contribution < 1.29 is 52.0 Å². The van der Waals surface area contributed by atoms with Crippen LogP contribution < -0.4 is 10.2 Å². The average molecular weight is 909 g/mol. The van der Waals surface area contributed by atoms with E-state index in [-0.39, 0.29) is 0 Å². The molecule has 0 aliphatic carbocycles.